The molecule has 4 rings (SSSR count). The number of aryl methyl sites for hydroxylation is 2. The molecule has 0 spiro atoms. The number of carbonyl (C=O) groups is 2. The summed E-state index contributed by atoms with van der Waals surface area (Å²) in [6, 6.07) is 12.8. The van der Waals surface area contributed by atoms with Crippen LogP contribution < -0.4 is 4.90 Å². The van der Waals surface area contributed by atoms with E-state index < -0.39 is 5.97 Å². The van der Waals surface area contributed by atoms with Crippen LogP contribution in [0.4, 0.5) is 10.8 Å². The van der Waals surface area contributed by atoms with E-state index in [1.807, 2.05) is 32.0 Å². The predicted molar refractivity (Wildman–Crippen MR) is 123 cm³/mol. The molecule has 6 nitrogen and oxygen atoms in total. The van der Waals surface area contributed by atoms with Crippen molar-refractivity contribution >= 4 is 57.6 Å². The van der Waals surface area contributed by atoms with Crippen LogP contribution in [0, 0.1) is 13.8 Å². The van der Waals surface area contributed by atoms with Crippen LogP contribution in [-0.4, -0.2) is 22.8 Å². The van der Waals surface area contributed by atoms with Crippen molar-refractivity contribution in [2.45, 2.75) is 20.8 Å². The Morgan fingerprint density at radius 3 is 2.65 bits per heavy atom. The molecule has 0 aliphatic carbocycles. The molecule has 0 radical (unpaired) electrons. The fourth-order valence-electron chi connectivity index (χ4n) is 3.04. The lowest BCUT2D eigenvalue weighted by Crippen LogP contribution is -2.22. The number of rotatable bonds is 4. The van der Waals surface area contributed by atoms with Crippen molar-refractivity contribution in [3.05, 3.63) is 80.9 Å². The van der Waals surface area contributed by atoms with Crippen molar-refractivity contribution in [3.63, 3.8) is 0 Å². The van der Waals surface area contributed by atoms with Gasteiger partial charge >= 0.3 is 5.97 Å². The Morgan fingerprint density at radius 1 is 1.16 bits per heavy atom. The highest BCUT2D eigenvalue weighted by Gasteiger charge is 2.26. The number of thiazole rings is 1. The predicted octanol–water partition coefficient (Wildman–Crippen LogP) is 5.44. The Kier molecular flexibility index (Phi) is 5.71. The van der Waals surface area contributed by atoms with Crippen molar-refractivity contribution in [3.8, 4) is 0 Å². The van der Waals surface area contributed by atoms with Gasteiger partial charge < -0.3 is 4.74 Å². The molecule has 1 aromatic heterocycles. The highest BCUT2D eigenvalue weighted by atomic mass is 35.5. The summed E-state index contributed by atoms with van der Waals surface area (Å²) in [7, 11) is 0. The number of hydrogen-bond donors (Lipinski definition) is 0. The van der Waals surface area contributed by atoms with Crippen molar-refractivity contribution in [1.82, 2.24) is 4.98 Å². The molecule has 2 aromatic carbocycles. The first-order chi connectivity index (χ1) is 14.8. The van der Waals surface area contributed by atoms with Crippen LogP contribution in [0.1, 0.15) is 29.3 Å². The quantitative estimate of drug-likeness (QED) is 0.391. The Hall–Kier alpha value is -3.29. The zero-order chi connectivity index (χ0) is 22.1. The molecule has 1 aliphatic heterocycles. The molecule has 8 heteroatoms. The minimum Gasteiger partial charge on any atom is -0.402 e. The SMILES string of the molecule is CC(=O)N(c1ccc(C)c(C)c1)c1nc(/C=C2/N=C(c3ccccc3Cl)OC2=O)cs1. The van der Waals surface area contributed by atoms with E-state index in [-0.39, 0.29) is 17.5 Å². The molecule has 1 amide bonds. The smallest absolute Gasteiger partial charge is 0.363 e. The standard InChI is InChI=1S/C23H18ClN3O3S/c1-13-8-9-17(10-14(13)2)27(15(3)28)23-25-16(12-31-23)11-20-22(29)30-21(26-20)18-6-4-5-7-19(18)24/h4-12H,1-3H3/b20-11+. The van der Waals surface area contributed by atoms with E-state index in [0.29, 0.717) is 21.4 Å². The van der Waals surface area contributed by atoms with Gasteiger partial charge in [-0.25, -0.2) is 14.8 Å². The maximum absolute atomic E-state index is 12.3. The Labute approximate surface area is 188 Å². The number of cyclic esters (lactones) is 1. The highest BCUT2D eigenvalue weighted by Crippen LogP contribution is 2.31. The lowest BCUT2D eigenvalue weighted by atomic mass is 10.1. The molecule has 0 unspecified atom stereocenters. The molecular weight excluding hydrogens is 434 g/mol. The second-order valence-electron chi connectivity index (χ2n) is 6.99. The number of nitrogens with zero attached hydrogens (tertiary/aromatic N) is 3. The number of anilines is 2. The van der Waals surface area contributed by atoms with Crippen molar-refractivity contribution < 1.29 is 14.3 Å². The summed E-state index contributed by atoms with van der Waals surface area (Å²) < 4.78 is 5.27. The van der Waals surface area contributed by atoms with Gasteiger partial charge in [0.2, 0.25) is 11.8 Å². The maximum atomic E-state index is 12.3. The van der Waals surface area contributed by atoms with Gasteiger partial charge in [-0.2, -0.15) is 0 Å². The molecule has 1 aliphatic rings. The molecule has 2 heterocycles. The third-order valence-electron chi connectivity index (χ3n) is 4.77. The normalized spacial score (nSPS) is 14.5. The van der Waals surface area contributed by atoms with Gasteiger partial charge in [0.25, 0.3) is 0 Å². The van der Waals surface area contributed by atoms with Crippen LogP contribution >= 0.6 is 22.9 Å². The van der Waals surface area contributed by atoms with E-state index >= 15 is 0 Å². The van der Waals surface area contributed by atoms with Crippen LogP contribution in [0.25, 0.3) is 6.08 Å². The van der Waals surface area contributed by atoms with Crippen molar-refractivity contribution in [2.24, 2.45) is 4.99 Å². The lowest BCUT2D eigenvalue weighted by molar-refractivity contribution is -0.130. The van der Waals surface area contributed by atoms with Gasteiger partial charge in [-0.1, -0.05) is 29.8 Å². The van der Waals surface area contributed by atoms with Crippen LogP contribution in [0.3, 0.4) is 0 Å². The second kappa shape index (κ2) is 8.45. The molecule has 0 atom stereocenters. The van der Waals surface area contributed by atoms with E-state index in [1.165, 1.54) is 24.3 Å². The first-order valence-electron chi connectivity index (χ1n) is 9.44. The van der Waals surface area contributed by atoms with Crippen LogP contribution in [0.5, 0.6) is 0 Å². The van der Waals surface area contributed by atoms with E-state index in [1.54, 1.807) is 34.5 Å². The Morgan fingerprint density at radius 2 is 1.94 bits per heavy atom. The largest absolute Gasteiger partial charge is 0.402 e. The molecule has 0 saturated carbocycles. The van der Waals surface area contributed by atoms with E-state index in [4.69, 9.17) is 16.3 Å². The summed E-state index contributed by atoms with van der Waals surface area (Å²) in [5.41, 5.74) is 4.13. The van der Waals surface area contributed by atoms with E-state index in [2.05, 4.69) is 9.98 Å². The van der Waals surface area contributed by atoms with Gasteiger partial charge in [-0.15, -0.1) is 11.3 Å². The first kappa shape index (κ1) is 21.0. The third-order valence-corrected chi connectivity index (χ3v) is 5.95. The van der Waals surface area contributed by atoms with Gasteiger partial charge in [-0.3, -0.25) is 9.69 Å². The second-order valence-corrected chi connectivity index (χ2v) is 8.24. The molecule has 156 valence electrons. The number of carbonyl (C=O) groups excluding carboxylic acids is 2. The van der Waals surface area contributed by atoms with Crippen LogP contribution in [-0.2, 0) is 14.3 Å². The molecule has 0 saturated heterocycles. The van der Waals surface area contributed by atoms with Crippen molar-refractivity contribution in [2.75, 3.05) is 4.90 Å². The molecule has 0 bridgehead atoms. The van der Waals surface area contributed by atoms with Crippen molar-refractivity contribution in [1.29, 1.82) is 0 Å². The van der Waals surface area contributed by atoms with Crippen LogP contribution in [0.15, 0.2) is 58.5 Å². The fraction of sp³-hybridized carbons (Fsp3) is 0.130. The minimum atomic E-state index is -0.581. The van der Waals surface area contributed by atoms with Gasteiger partial charge in [-0.05, 0) is 55.3 Å². The Bertz CT molecular complexity index is 1260. The molecule has 0 N–H and O–H groups in total. The first-order valence-corrected chi connectivity index (χ1v) is 10.7. The monoisotopic (exact) mass is 451 g/mol. The van der Waals surface area contributed by atoms with Gasteiger partial charge in [0.1, 0.15) is 0 Å². The molecule has 3 aromatic rings. The summed E-state index contributed by atoms with van der Waals surface area (Å²) in [4.78, 5) is 35.0. The summed E-state index contributed by atoms with van der Waals surface area (Å²) in [6.45, 7) is 5.50. The summed E-state index contributed by atoms with van der Waals surface area (Å²) in [5.74, 6) is -0.587. The fourth-order valence-corrected chi connectivity index (χ4v) is 4.10. The number of halogens is 1. The van der Waals surface area contributed by atoms with Crippen LogP contribution in [0.2, 0.25) is 5.02 Å². The molecule has 0 fully saturated rings. The number of amides is 1. The average molecular weight is 452 g/mol. The van der Waals surface area contributed by atoms with Gasteiger partial charge in [0.15, 0.2) is 10.8 Å². The highest BCUT2D eigenvalue weighted by molar-refractivity contribution is 7.14. The number of hydrogen-bond acceptors (Lipinski definition) is 6. The number of aliphatic imine (C=N–C) groups is 1. The van der Waals surface area contributed by atoms with E-state index in [9.17, 15) is 9.59 Å². The zero-order valence-electron chi connectivity index (χ0n) is 17.0. The molecular formula is C23H18ClN3O3S. The van der Waals surface area contributed by atoms with E-state index in [0.717, 1.165) is 16.8 Å². The number of benzene rings is 2. The number of ether oxygens (including phenoxy) is 1. The third kappa shape index (κ3) is 4.28. The number of esters is 1. The average Bonchev–Trinajstić information content (AvgIpc) is 3.32. The topological polar surface area (TPSA) is 71.9 Å². The summed E-state index contributed by atoms with van der Waals surface area (Å²) >= 11 is 7.47. The Balaban J connectivity index is 1.65. The minimum absolute atomic E-state index is 0.118. The van der Waals surface area contributed by atoms with Gasteiger partial charge in [0.05, 0.1) is 22.0 Å². The zero-order valence-corrected chi connectivity index (χ0v) is 18.6. The summed E-state index contributed by atoms with van der Waals surface area (Å²) in [5, 5.41) is 2.70. The lowest BCUT2D eigenvalue weighted by Gasteiger charge is -2.19. The van der Waals surface area contributed by atoms with Gasteiger partial charge in [0, 0.05) is 12.3 Å². The maximum Gasteiger partial charge on any atom is 0.363 e. The molecule has 31 heavy (non-hydrogen) atoms. The number of aromatic nitrogens is 1. The summed E-state index contributed by atoms with van der Waals surface area (Å²) in [6.07, 6.45) is 1.53.